The third-order valence-electron chi connectivity index (χ3n) is 3.85. The Hall–Kier alpha value is -1.50. The Balaban J connectivity index is 0.00000338. The molecule has 0 aromatic heterocycles. The number of methoxy groups -OCH3 is 1. The first-order valence-corrected chi connectivity index (χ1v) is 8.81. The van der Waals surface area contributed by atoms with Crippen LogP contribution in [0.15, 0.2) is 18.2 Å². The number of carbonyl (C=O) groups excluding carboxylic acids is 1. The number of hydrogen-bond donors (Lipinski definition) is 2. The summed E-state index contributed by atoms with van der Waals surface area (Å²) in [5.41, 5.74) is 0.674. The van der Waals surface area contributed by atoms with Crippen LogP contribution < -0.4 is 20.1 Å². The van der Waals surface area contributed by atoms with Gasteiger partial charge in [-0.15, -0.1) is 12.4 Å². The van der Waals surface area contributed by atoms with Crippen LogP contribution in [0.1, 0.15) is 39.2 Å². The van der Waals surface area contributed by atoms with Crippen LogP contribution in [0, 0.1) is 0 Å². The lowest BCUT2D eigenvalue weighted by atomic mass is 10.1. The predicted molar refractivity (Wildman–Crippen MR) is 104 cm³/mol. The van der Waals surface area contributed by atoms with Gasteiger partial charge in [0.05, 0.1) is 13.2 Å². The Labute approximate surface area is 162 Å². The minimum absolute atomic E-state index is 0. The summed E-state index contributed by atoms with van der Waals surface area (Å²) in [7, 11) is 1.60. The Morgan fingerprint density at radius 2 is 2.12 bits per heavy atom. The Morgan fingerprint density at radius 3 is 2.73 bits per heavy atom. The van der Waals surface area contributed by atoms with E-state index in [2.05, 4.69) is 10.6 Å². The molecule has 26 heavy (non-hydrogen) atoms. The van der Waals surface area contributed by atoms with Crippen molar-refractivity contribution < 1.29 is 19.0 Å². The Kier molecular flexibility index (Phi) is 9.19. The van der Waals surface area contributed by atoms with E-state index >= 15 is 0 Å². The highest BCUT2D eigenvalue weighted by molar-refractivity contribution is 5.85. The molecule has 0 bridgehead atoms. The second kappa shape index (κ2) is 10.6. The van der Waals surface area contributed by atoms with Crippen molar-refractivity contribution in [2.24, 2.45) is 0 Å². The van der Waals surface area contributed by atoms with Gasteiger partial charge in [0.15, 0.2) is 18.1 Å². The molecular weight excluding hydrogens is 356 g/mol. The molecule has 7 heteroatoms. The minimum Gasteiger partial charge on any atom is -0.493 e. The molecule has 1 unspecified atom stereocenters. The van der Waals surface area contributed by atoms with Crippen molar-refractivity contribution in [3.63, 3.8) is 0 Å². The van der Waals surface area contributed by atoms with E-state index in [9.17, 15) is 4.79 Å². The zero-order chi connectivity index (χ0) is 18.3. The lowest BCUT2D eigenvalue weighted by molar-refractivity contribution is -0.124. The summed E-state index contributed by atoms with van der Waals surface area (Å²) in [5.74, 6) is 1.07. The topological polar surface area (TPSA) is 68.8 Å². The third-order valence-corrected chi connectivity index (χ3v) is 3.85. The molecule has 1 fully saturated rings. The van der Waals surface area contributed by atoms with Gasteiger partial charge in [-0.1, -0.05) is 12.1 Å². The van der Waals surface area contributed by atoms with Crippen LogP contribution in [0.25, 0.3) is 0 Å². The molecule has 0 spiro atoms. The number of rotatable bonds is 8. The number of halogens is 1. The standard InChI is InChI=1S/C19H30N2O4.ClH/c1-19(2,3)21-17(22)13-25-18-14(7-5-9-16(18)23-4)11-20-12-15-8-6-10-24-15;/h5,7,9,15,20H,6,8,10-13H2,1-4H3,(H,21,22);1H. The monoisotopic (exact) mass is 386 g/mol. The number of hydrogen-bond acceptors (Lipinski definition) is 5. The van der Waals surface area contributed by atoms with Crippen molar-refractivity contribution in [3.8, 4) is 11.5 Å². The van der Waals surface area contributed by atoms with Crippen LogP contribution >= 0.6 is 12.4 Å². The summed E-state index contributed by atoms with van der Waals surface area (Å²) < 4.78 is 16.8. The van der Waals surface area contributed by atoms with Crippen molar-refractivity contribution in [2.45, 2.75) is 51.8 Å². The van der Waals surface area contributed by atoms with Crippen LogP contribution in [0.4, 0.5) is 0 Å². The van der Waals surface area contributed by atoms with Crippen LogP contribution in [0.5, 0.6) is 11.5 Å². The number of ether oxygens (including phenoxy) is 3. The summed E-state index contributed by atoms with van der Waals surface area (Å²) in [4.78, 5) is 12.0. The van der Waals surface area contributed by atoms with E-state index in [4.69, 9.17) is 14.2 Å². The van der Waals surface area contributed by atoms with E-state index in [1.165, 1.54) is 0 Å². The lowest BCUT2D eigenvalue weighted by Crippen LogP contribution is -2.43. The number of nitrogens with one attached hydrogen (secondary N) is 2. The summed E-state index contributed by atoms with van der Waals surface area (Å²) >= 11 is 0. The maximum Gasteiger partial charge on any atom is 0.258 e. The quantitative estimate of drug-likeness (QED) is 0.718. The molecule has 148 valence electrons. The van der Waals surface area contributed by atoms with Crippen molar-refractivity contribution in [1.29, 1.82) is 0 Å². The van der Waals surface area contributed by atoms with Crippen LogP contribution in [-0.2, 0) is 16.1 Å². The summed E-state index contributed by atoms with van der Waals surface area (Å²) in [5, 5.41) is 6.29. The van der Waals surface area contributed by atoms with Crippen molar-refractivity contribution in [3.05, 3.63) is 23.8 Å². The summed E-state index contributed by atoms with van der Waals surface area (Å²) in [6.45, 7) is 8.06. The minimum atomic E-state index is -0.285. The molecule has 0 saturated carbocycles. The maximum atomic E-state index is 12.0. The van der Waals surface area contributed by atoms with Gasteiger partial charge in [0.1, 0.15) is 0 Å². The molecule has 1 aromatic carbocycles. The zero-order valence-corrected chi connectivity index (χ0v) is 16.9. The highest BCUT2D eigenvalue weighted by Crippen LogP contribution is 2.31. The zero-order valence-electron chi connectivity index (χ0n) is 16.1. The van der Waals surface area contributed by atoms with Crippen LogP contribution in [-0.4, -0.2) is 44.4 Å². The molecule has 2 N–H and O–H groups in total. The normalized spacial score (nSPS) is 16.7. The van der Waals surface area contributed by atoms with Gasteiger partial charge in [-0.05, 0) is 39.7 Å². The first-order chi connectivity index (χ1) is 11.9. The van der Waals surface area contributed by atoms with Crippen molar-refractivity contribution >= 4 is 18.3 Å². The van der Waals surface area contributed by atoms with Crippen LogP contribution in [0.3, 0.4) is 0 Å². The van der Waals surface area contributed by atoms with Crippen molar-refractivity contribution in [1.82, 2.24) is 10.6 Å². The molecule has 0 aliphatic carbocycles. The molecule has 1 amide bonds. The summed E-state index contributed by atoms with van der Waals surface area (Å²) in [6.07, 6.45) is 2.51. The van der Waals surface area contributed by atoms with E-state index in [-0.39, 0.29) is 36.6 Å². The maximum absolute atomic E-state index is 12.0. The molecular formula is C19H31ClN2O4. The number of benzene rings is 1. The fourth-order valence-electron chi connectivity index (χ4n) is 2.79. The van der Waals surface area contributed by atoms with E-state index in [1.54, 1.807) is 7.11 Å². The number of para-hydroxylation sites is 1. The highest BCUT2D eigenvalue weighted by Gasteiger charge is 2.18. The van der Waals surface area contributed by atoms with E-state index in [1.807, 2.05) is 39.0 Å². The molecule has 1 aromatic rings. The molecule has 1 heterocycles. The molecule has 0 radical (unpaired) electrons. The van der Waals surface area contributed by atoms with E-state index in [0.717, 1.165) is 31.6 Å². The highest BCUT2D eigenvalue weighted by atomic mass is 35.5. The lowest BCUT2D eigenvalue weighted by Gasteiger charge is -2.21. The van der Waals surface area contributed by atoms with Gasteiger partial charge in [0.25, 0.3) is 5.91 Å². The molecule has 2 rings (SSSR count). The number of amides is 1. The Morgan fingerprint density at radius 1 is 1.35 bits per heavy atom. The second-order valence-electron chi connectivity index (χ2n) is 7.30. The molecule has 1 saturated heterocycles. The molecule has 6 nitrogen and oxygen atoms in total. The first-order valence-electron chi connectivity index (χ1n) is 8.81. The fourth-order valence-corrected chi connectivity index (χ4v) is 2.79. The van der Waals surface area contributed by atoms with Gasteiger partial charge in [-0.3, -0.25) is 4.79 Å². The van der Waals surface area contributed by atoms with E-state index < -0.39 is 0 Å². The summed E-state index contributed by atoms with van der Waals surface area (Å²) in [6, 6.07) is 5.73. The van der Waals surface area contributed by atoms with Gasteiger partial charge < -0.3 is 24.8 Å². The average Bonchev–Trinajstić information content (AvgIpc) is 3.05. The number of carbonyl (C=O) groups is 1. The van der Waals surface area contributed by atoms with Gasteiger partial charge in [-0.2, -0.15) is 0 Å². The molecule has 1 aliphatic heterocycles. The second-order valence-corrected chi connectivity index (χ2v) is 7.30. The fraction of sp³-hybridized carbons (Fsp3) is 0.632. The van der Waals surface area contributed by atoms with Crippen molar-refractivity contribution in [2.75, 3.05) is 26.9 Å². The smallest absolute Gasteiger partial charge is 0.258 e. The largest absolute Gasteiger partial charge is 0.493 e. The first kappa shape index (κ1) is 22.5. The average molecular weight is 387 g/mol. The third kappa shape index (κ3) is 7.40. The van der Waals surface area contributed by atoms with E-state index in [0.29, 0.717) is 18.0 Å². The van der Waals surface area contributed by atoms with Crippen LogP contribution in [0.2, 0.25) is 0 Å². The van der Waals surface area contributed by atoms with Gasteiger partial charge in [0, 0.05) is 30.8 Å². The Bertz CT molecular complexity index is 569. The molecule has 1 aliphatic rings. The van der Waals surface area contributed by atoms with Gasteiger partial charge >= 0.3 is 0 Å². The predicted octanol–water partition coefficient (Wildman–Crippen LogP) is 2.68. The van der Waals surface area contributed by atoms with Gasteiger partial charge in [-0.25, -0.2) is 0 Å². The SMILES string of the molecule is COc1cccc(CNCC2CCCO2)c1OCC(=O)NC(C)(C)C.Cl. The molecule has 1 atom stereocenters. The van der Waals surface area contributed by atoms with Gasteiger partial charge in [0.2, 0.25) is 0 Å².